The zero-order valence-corrected chi connectivity index (χ0v) is 15.5. The van der Waals surface area contributed by atoms with Gasteiger partial charge in [0.05, 0.1) is 24.6 Å². The quantitative estimate of drug-likeness (QED) is 0.680. The van der Waals surface area contributed by atoms with Gasteiger partial charge in [0, 0.05) is 22.7 Å². The van der Waals surface area contributed by atoms with Crippen LogP contribution in [0.4, 0.5) is 18.9 Å². The van der Waals surface area contributed by atoms with Crippen LogP contribution in [0, 0.1) is 0 Å². The third-order valence-electron chi connectivity index (χ3n) is 4.63. The van der Waals surface area contributed by atoms with Crippen molar-refractivity contribution < 1.29 is 23.1 Å². The second-order valence-electron chi connectivity index (χ2n) is 6.75. The molecule has 0 aliphatic heterocycles. The molecule has 0 aliphatic carbocycles. The summed E-state index contributed by atoms with van der Waals surface area (Å²) in [6.07, 6.45) is -2.98. The molecule has 152 valence electrons. The van der Waals surface area contributed by atoms with E-state index in [0.29, 0.717) is 22.0 Å². The Hall–Kier alpha value is -3.13. The molecule has 29 heavy (non-hydrogen) atoms. The number of aliphatic hydroxyl groups is 1. The maximum absolute atomic E-state index is 12.6. The molecule has 0 saturated carbocycles. The Morgan fingerprint density at radius 1 is 1.10 bits per heavy atom. The number of alkyl halides is 3. The number of anilines is 1. The van der Waals surface area contributed by atoms with Gasteiger partial charge < -0.3 is 15.0 Å². The van der Waals surface area contributed by atoms with E-state index in [1.54, 1.807) is 37.4 Å². The van der Waals surface area contributed by atoms with Crippen LogP contribution in [0.25, 0.3) is 10.8 Å². The van der Waals surface area contributed by atoms with Gasteiger partial charge in [0.25, 0.3) is 5.56 Å². The van der Waals surface area contributed by atoms with E-state index in [0.717, 1.165) is 12.1 Å². The summed E-state index contributed by atoms with van der Waals surface area (Å²) in [5.41, 5.74) is -0.192. The highest BCUT2D eigenvalue weighted by Crippen LogP contribution is 2.29. The van der Waals surface area contributed by atoms with Crippen molar-refractivity contribution in [3.63, 3.8) is 0 Å². The van der Waals surface area contributed by atoms with Crippen molar-refractivity contribution >= 4 is 22.4 Å². The van der Waals surface area contributed by atoms with Crippen molar-refractivity contribution in [2.45, 2.75) is 25.6 Å². The van der Waals surface area contributed by atoms with Gasteiger partial charge in [0.15, 0.2) is 0 Å². The Morgan fingerprint density at radius 3 is 2.41 bits per heavy atom. The highest BCUT2D eigenvalue weighted by molar-refractivity contribution is 6.02. The smallest absolute Gasteiger partial charge is 0.394 e. The van der Waals surface area contributed by atoms with Crippen LogP contribution in [-0.4, -0.2) is 22.2 Å². The fourth-order valence-electron chi connectivity index (χ4n) is 3.03. The van der Waals surface area contributed by atoms with Gasteiger partial charge in [-0.25, -0.2) is 0 Å². The van der Waals surface area contributed by atoms with Crippen LogP contribution in [0.2, 0.25) is 0 Å². The summed E-state index contributed by atoms with van der Waals surface area (Å²) < 4.78 is 39.3. The van der Waals surface area contributed by atoms with E-state index in [9.17, 15) is 27.9 Å². The first-order valence-electron chi connectivity index (χ1n) is 8.91. The van der Waals surface area contributed by atoms with E-state index < -0.39 is 17.6 Å². The van der Waals surface area contributed by atoms with Crippen molar-refractivity contribution in [1.29, 1.82) is 0 Å². The molecule has 0 saturated heterocycles. The number of carbonyl (C=O) groups is 1. The van der Waals surface area contributed by atoms with Crippen LogP contribution < -0.4 is 10.9 Å². The molecule has 1 amide bonds. The molecular formula is C21H19F3N2O3. The lowest BCUT2D eigenvalue weighted by atomic mass is 10.1. The number of aromatic nitrogens is 1. The first-order chi connectivity index (χ1) is 13.7. The number of aliphatic hydroxyl groups excluding tert-OH is 1. The average Bonchev–Trinajstić information content (AvgIpc) is 2.68. The summed E-state index contributed by atoms with van der Waals surface area (Å²) >= 11 is 0. The van der Waals surface area contributed by atoms with Gasteiger partial charge in [-0.3, -0.25) is 9.59 Å². The van der Waals surface area contributed by atoms with Crippen LogP contribution in [0.1, 0.15) is 24.1 Å². The lowest BCUT2D eigenvalue weighted by Gasteiger charge is -2.14. The van der Waals surface area contributed by atoms with Crippen molar-refractivity contribution in [2.24, 2.45) is 0 Å². The number of benzene rings is 2. The molecule has 3 aromatic rings. The van der Waals surface area contributed by atoms with Crippen molar-refractivity contribution in [3.05, 3.63) is 76.2 Å². The predicted molar refractivity (Wildman–Crippen MR) is 104 cm³/mol. The van der Waals surface area contributed by atoms with Crippen LogP contribution >= 0.6 is 0 Å². The normalized spacial score (nSPS) is 12.7. The highest BCUT2D eigenvalue weighted by Gasteiger charge is 2.30. The number of fused-ring (bicyclic) bond motifs is 1. The third-order valence-corrected chi connectivity index (χ3v) is 4.63. The van der Waals surface area contributed by atoms with Crippen LogP contribution in [0.5, 0.6) is 0 Å². The summed E-state index contributed by atoms with van der Waals surface area (Å²) in [6, 6.07) is 10.6. The molecule has 1 heterocycles. The molecule has 5 nitrogen and oxygen atoms in total. The summed E-state index contributed by atoms with van der Waals surface area (Å²) in [5, 5.41) is 12.9. The first-order valence-corrected chi connectivity index (χ1v) is 8.91. The Bertz CT molecular complexity index is 1090. The Balaban J connectivity index is 1.82. The molecule has 8 heteroatoms. The van der Waals surface area contributed by atoms with E-state index in [-0.39, 0.29) is 24.6 Å². The van der Waals surface area contributed by atoms with Crippen molar-refractivity contribution in [2.75, 3.05) is 11.9 Å². The second kappa shape index (κ2) is 8.08. The number of amides is 1. The van der Waals surface area contributed by atoms with Gasteiger partial charge >= 0.3 is 6.18 Å². The van der Waals surface area contributed by atoms with Gasteiger partial charge in [0.2, 0.25) is 5.91 Å². The number of hydrogen-bond donors (Lipinski definition) is 2. The maximum Gasteiger partial charge on any atom is 0.416 e. The van der Waals surface area contributed by atoms with Crippen LogP contribution in [-0.2, 0) is 17.4 Å². The molecule has 1 aromatic heterocycles. The van der Waals surface area contributed by atoms with Crippen molar-refractivity contribution in [3.8, 4) is 0 Å². The molecule has 0 spiro atoms. The summed E-state index contributed by atoms with van der Waals surface area (Å²) in [4.78, 5) is 25.0. The number of rotatable bonds is 5. The number of hydrogen-bond acceptors (Lipinski definition) is 3. The minimum absolute atomic E-state index is 0.104. The molecule has 1 atom stereocenters. The fourth-order valence-corrected chi connectivity index (χ4v) is 3.03. The fraction of sp³-hybridized carbons (Fsp3) is 0.238. The molecule has 0 radical (unpaired) electrons. The van der Waals surface area contributed by atoms with Gasteiger partial charge in [0.1, 0.15) is 0 Å². The predicted octanol–water partition coefficient (Wildman–Crippen LogP) is 3.75. The maximum atomic E-state index is 12.6. The lowest BCUT2D eigenvalue weighted by Crippen LogP contribution is -2.25. The van der Waals surface area contributed by atoms with E-state index in [2.05, 4.69) is 5.32 Å². The van der Waals surface area contributed by atoms with Gasteiger partial charge in [-0.05, 0) is 42.8 Å². The SMILES string of the molecule is CC(CO)n1ccc2c(NC(=O)Cc3ccc(C(F)(F)F)cc3)cccc2c1=O. The average molecular weight is 404 g/mol. The van der Waals surface area contributed by atoms with E-state index in [1.807, 2.05) is 0 Å². The largest absolute Gasteiger partial charge is 0.416 e. The number of halogens is 3. The minimum Gasteiger partial charge on any atom is -0.394 e. The number of pyridine rings is 1. The van der Waals surface area contributed by atoms with E-state index in [1.165, 1.54) is 16.7 Å². The molecule has 1 unspecified atom stereocenters. The summed E-state index contributed by atoms with van der Waals surface area (Å²) in [5.74, 6) is -0.412. The first kappa shape index (κ1) is 20.6. The second-order valence-corrected chi connectivity index (χ2v) is 6.75. The number of nitrogens with one attached hydrogen (secondary N) is 1. The standard InChI is InChI=1S/C21H19F3N2O3/c1-13(12-27)26-10-9-16-17(20(26)29)3-2-4-18(16)25-19(28)11-14-5-7-15(8-6-14)21(22,23)24/h2-10,13,27H,11-12H2,1H3,(H,25,28). The van der Waals surface area contributed by atoms with Crippen molar-refractivity contribution in [1.82, 2.24) is 4.57 Å². The summed E-state index contributed by atoms with van der Waals surface area (Å²) in [6.45, 7) is 1.53. The molecule has 2 N–H and O–H groups in total. The van der Waals surface area contributed by atoms with Crippen LogP contribution in [0.3, 0.4) is 0 Å². The number of nitrogens with zero attached hydrogens (tertiary/aromatic N) is 1. The lowest BCUT2D eigenvalue weighted by molar-refractivity contribution is -0.137. The molecule has 2 aromatic carbocycles. The minimum atomic E-state index is -4.43. The zero-order valence-electron chi connectivity index (χ0n) is 15.5. The summed E-state index contributed by atoms with van der Waals surface area (Å²) in [7, 11) is 0. The molecule has 0 fully saturated rings. The van der Waals surface area contributed by atoms with Gasteiger partial charge in [-0.15, -0.1) is 0 Å². The van der Waals surface area contributed by atoms with Gasteiger partial charge in [-0.1, -0.05) is 18.2 Å². The Morgan fingerprint density at radius 2 is 1.79 bits per heavy atom. The van der Waals surface area contributed by atoms with E-state index >= 15 is 0 Å². The zero-order chi connectivity index (χ0) is 21.2. The molecule has 0 bridgehead atoms. The highest BCUT2D eigenvalue weighted by atomic mass is 19.4. The van der Waals surface area contributed by atoms with Crippen LogP contribution in [0.15, 0.2) is 59.5 Å². The molecule has 0 aliphatic rings. The van der Waals surface area contributed by atoms with E-state index in [4.69, 9.17) is 0 Å². The van der Waals surface area contributed by atoms with Gasteiger partial charge in [-0.2, -0.15) is 13.2 Å². The third kappa shape index (κ3) is 4.48. The monoisotopic (exact) mass is 404 g/mol. The topological polar surface area (TPSA) is 71.3 Å². The molecule has 3 rings (SSSR count). The number of carbonyl (C=O) groups excluding carboxylic acids is 1. The Kier molecular flexibility index (Phi) is 5.74. The molecular weight excluding hydrogens is 385 g/mol. The Labute approximate surface area is 164 Å².